The molecular formula is C11H15N3O2S. The Bertz CT molecular complexity index is 492. The van der Waals surface area contributed by atoms with Crippen LogP contribution < -0.4 is 10.5 Å². The van der Waals surface area contributed by atoms with Gasteiger partial charge in [-0.15, -0.1) is 11.3 Å². The molecule has 0 saturated carbocycles. The van der Waals surface area contributed by atoms with Crippen molar-refractivity contribution in [2.75, 3.05) is 7.11 Å². The first kappa shape index (κ1) is 12.1. The molecule has 1 atom stereocenters. The van der Waals surface area contributed by atoms with Gasteiger partial charge >= 0.3 is 0 Å². The molecule has 2 heterocycles. The van der Waals surface area contributed by atoms with Gasteiger partial charge in [-0.1, -0.05) is 19.0 Å². The summed E-state index contributed by atoms with van der Waals surface area (Å²) in [4.78, 5) is 5.19. The van der Waals surface area contributed by atoms with E-state index in [1.165, 1.54) is 11.3 Å². The number of nitrogens with zero attached hydrogens (tertiary/aromatic N) is 2. The van der Waals surface area contributed by atoms with E-state index >= 15 is 0 Å². The molecule has 0 radical (unpaired) electrons. The minimum Gasteiger partial charge on any atom is -0.496 e. The Morgan fingerprint density at radius 2 is 2.24 bits per heavy atom. The number of hydrogen-bond donors (Lipinski definition) is 1. The third kappa shape index (κ3) is 2.48. The average molecular weight is 253 g/mol. The quantitative estimate of drug-likeness (QED) is 0.906. The van der Waals surface area contributed by atoms with Crippen LogP contribution in [-0.2, 0) is 0 Å². The van der Waals surface area contributed by atoms with E-state index in [0.717, 1.165) is 10.6 Å². The molecule has 2 aromatic heterocycles. The van der Waals surface area contributed by atoms with Crippen molar-refractivity contribution in [3.05, 3.63) is 17.3 Å². The summed E-state index contributed by atoms with van der Waals surface area (Å²) in [6.45, 7) is 4.05. The van der Waals surface area contributed by atoms with Crippen molar-refractivity contribution in [2.24, 2.45) is 11.7 Å². The number of hydrogen-bond acceptors (Lipinski definition) is 6. The highest BCUT2D eigenvalue weighted by Crippen LogP contribution is 2.30. The molecule has 0 spiro atoms. The number of rotatable bonds is 4. The molecular weight excluding hydrogens is 238 g/mol. The van der Waals surface area contributed by atoms with Crippen LogP contribution in [0.15, 0.2) is 16.0 Å². The van der Waals surface area contributed by atoms with E-state index in [1.54, 1.807) is 7.11 Å². The zero-order valence-corrected chi connectivity index (χ0v) is 10.8. The molecule has 5 nitrogen and oxygen atoms in total. The Morgan fingerprint density at radius 3 is 2.82 bits per heavy atom. The van der Waals surface area contributed by atoms with Gasteiger partial charge in [0.15, 0.2) is 5.82 Å². The van der Waals surface area contributed by atoms with Crippen molar-refractivity contribution in [3.63, 3.8) is 0 Å². The Morgan fingerprint density at radius 1 is 1.47 bits per heavy atom. The highest BCUT2D eigenvalue weighted by atomic mass is 32.1. The molecule has 0 aliphatic heterocycles. The lowest BCUT2D eigenvalue weighted by molar-refractivity contribution is 0.400. The van der Waals surface area contributed by atoms with Crippen LogP contribution >= 0.6 is 11.3 Å². The Hall–Kier alpha value is -1.40. The van der Waals surface area contributed by atoms with Crippen LogP contribution in [0.2, 0.25) is 0 Å². The number of nitrogens with two attached hydrogens (primary N) is 1. The SMILES string of the molecule is COc1csc(-c2nc(C(N)C(C)C)no2)c1. The van der Waals surface area contributed by atoms with Crippen LogP contribution in [0.25, 0.3) is 10.8 Å². The molecule has 0 bridgehead atoms. The fourth-order valence-electron chi connectivity index (χ4n) is 1.31. The summed E-state index contributed by atoms with van der Waals surface area (Å²) in [6.07, 6.45) is 0. The lowest BCUT2D eigenvalue weighted by Gasteiger charge is -2.09. The Labute approximate surface area is 104 Å². The topological polar surface area (TPSA) is 74.2 Å². The zero-order valence-electron chi connectivity index (χ0n) is 10.0. The highest BCUT2D eigenvalue weighted by molar-refractivity contribution is 7.13. The first-order valence-corrected chi connectivity index (χ1v) is 6.22. The summed E-state index contributed by atoms with van der Waals surface area (Å²) in [5.41, 5.74) is 5.95. The van der Waals surface area contributed by atoms with Crippen LogP contribution in [0.5, 0.6) is 5.75 Å². The first-order chi connectivity index (χ1) is 8.11. The third-order valence-corrected chi connectivity index (χ3v) is 3.38. The summed E-state index contributed by atoms with van der Waals surface area (Å²) >= 11 is 1.50. The zero-order chi connectivity index (χ0) is 12.4. The number of aromatic nitrogens is 2. The lowest BCUT2D eigenvalue weighted by atomic mass is 10.1. The van der Waals surface area contributed by atoms with Crippen LogP contribution in [0.4, 0.5) is 0 Å². The molecule has 1 unspecified atom stereocenters. The van der Waals surface area contributed by atoms with Crippen LogP contribution in [0, 0.1) is 5.92 Å². The minimum absolute atomic E-state index is 0.200. The predicted octanol–water partition coefficient (Wildman–Crippen LogP) is 2.46. The molecule has 2 rings (SSSR count). The van der Waals surface area contributed by atoms with Gasteiger partial charge in [0.25, 0.3) is 5.89 Å². The van der Waals surface area contributed by atoms with Crippen LogP contribution in [-0.4, -0.2) is 17.3 Å². The predicted molar refractivity (Wildman–Crippen MR) is 65.9 cm³/mol. The van der Waals surface area contributed by atoms with E-state index in [0.29, 0.717) is 11.7 Å². The summed E-state index contributed by atoms with van der Waals surface area (Å²) in [7, 11) is 1.62. The van der Waals surface area contributed by atoms with E-state index in [2.05, 4.69) is 10.1 Å². The van der Waals surface area contributed by atoms with E-state index in [-0.39, 0.29) is 12.0 Å². The average Bonchev–Trinajstić information content (AvgIpc) is 2.96. The summed E-state index contributed by atoms with van der Waals surface area (Å²) in [6, 6.07) is 1.66. The second-order valence-corrected chi connectivity index (χ2v) is 4.99. The van der Waals surface area contributed by atoms with E-state index in [1.807, 2.05) is 25.3 Å². The van der Waals surface area contributed by atoms with E-state index in [4.69, 9.17) is 15.0 Å². The Balaban J connectivity index is 2.23. The molecule has 2 aromatic rings. The van der Waals surface area contributed by atoms with Crippen molar-refractivity contribution in [1.29, 1.82) is 0 Å². The highest BCUT2D eigenvalue weighted by Gasteiger charge is 2.18. The summed E-state index contributed by atoms with van der Waals surface area (Å²) < 4.78 is 10.3. The molecule has 2 N–H and O–H groups in total. The number of ether oxygens (including phenoxy) is 1. The van der Waals surface area contributed by atoms with Crippen molar-refractivity contribution in [2.45, 2.75) is 19.9 Å². The van der Waals surface area contributed by atoms with Gasteiger partial charge in [0.1, 0.15) is 5.75 Å². The van der Waals surface area contributed by atoms with Crippen LogP contribution in [0.1, 0.15) is 25.7 Å². The monoisotopic (exact) mass is 253 g/mol. The van der Waals surface area contributed by atoms with Gasteiger partial charge in [-0.05, 0) is 5.92 Å². The number of thiophene rings is 1. The molecule has 0 aromatic carbocycles. The second kappa shape index (κ2) is 4.85. The second-order valence-electron chi connectivity index (χ2n) is 4.08. The van der Waals surface area contributed by atoms with Crippen molar-refractivity contribution < 1.29 is 9.26 Å². The van der Waals surface area contributed by atoms with Crippen molar-refractivity contribution >= 4 is 11.3 Å². The van der Waals surface area contributed by atoms with Gasteiger partial charge in [-0.2, -0.15) is 4.98 Å². The Kier molecular flexibility index (Phi) is 3.44. The smallest absolute Gasteiger partial charge is 0.268 e. The van der Waals surface area contributed by atoms with Gasteiger partial charge in [-0.3, -0.25) is 0 Å². The fraction of sp³-hybridized carbons (Fsp3) is 0.455. The van der Waals surface area contributed by atoms with Gasteiger partial charge in [0.2, 0.25) is 0 Å². The van der Waals surface area contributed by atoms with E-state index < -0.39 is 0 Å². The molecule has 0 aliphatic rings. The first-order valence-electron chi connectivity index (χ1n) is 5.34. The molecule has 0 aliphatic carbocycles. The molecule has 92 valence electrons. The van der Waals surface area contributed by atoms with Crippen molar-refractivity contribution in [3.8, 4) is 16.5 Å². The molecule has 0 amide bonds. The normalized spacial score (nSPS) is 13.0. The third-order valence-electron chi connectivity index (χ3n) is 2.48. The summed E-state index contributed by atoms with van der Waals surface area (Å²) in [5, 5.41) is 5.79. The van der Waals surface area contributed by atoms with Gasteiger partial charge in [0.05, 0.1) is 18.0 Å². The lowest BCUT2D eigenvalue weighted by Crippen LogP contribution is -2.18. The fourth-order valence-corrected chi connectivity index (χ4v) is 2.08. The molecule has 0 fully saturated rings. The van der Waals surface area contributed by atoms with Crippen LogP contribution in [0.3, 0.4) is 0 Å². The standard InChI is InChI=1S/C11H15N3O2S/c1-6(2)9(12)10-13-11(16-14-10)8-4-7(15-3)5-17-8/h4-6,9H,12H2,1-3H3. The minimum atomic E-state index is -0.200. The molecule has 6 heteroatoms. The van der Waals surface area contributed by atoms with Crippen molar-refractivity contribution in [1.82, 2.24) is 10.1 Å². The maximum absolute atomic E-state index is 5.95. The van der Waals surface area contributed by atoms with Gasteiger partial charge < -0.3 is 15.0 Å². The largest absolute Gasteiger partial charge is 0.496 e. The molecule has 17 heavy (non-hydrogen) atoms. The molecule has 0 saturated heterocycles. The number of methoxy groups -OCH3 is 1. The maximum Gasteiger partial charge on any atom is 0.268 e. The van der Waals surface area contributed by atoms with E-state index in [9.17, 15) is 0 Å². The maximum atomic E-state index is 5.95. The van der Waals surface area contributed by atoms with Gasteiger partial charge in [-0.25, -0.2) is 0 Å². The summed E-state index contributed by atoms with van der Waals surface area (Å²) in [5.74, 6) is 2.10. The van der Waals surface area contributed by atoms with Gasteiger partial charge in [0, 0.05) is 11.4 Å².